The summed E-state index contributed by atoms with van der Waals surface area (Å²) >= 11 is 0. The number of furan rings is 1. The molecule has 2 N–H and O–H groups in total. The van der Waals surface area contributed by atoms with Gasteiger partial charge in [0.25, 0.3) is 5.91 Å². The molecule has 7 nitrogen and oxygen atoms in total. The van der Waals surface area contributed by atoms with E-state index in [4.69, 9.17) is 9.15 Å². The number of hydrogen-bond acceptors (Lipinski definition) is 5. The van der Waals surface area contributed by atoms with E-state index in [0.717, 1.165) is 11.1 Å². The number of nitrogens with one attached hydrogen (secondary N) is 2. The highest BCUT2D eigenvalue weighted by atomic mass is 32.2. The standard InChI is InChI=1S/C23H26N2O5S/c1-17(2)30-16-19-7-5-18(6-8-19)14-24-23(26)20-9-11-22(12-10-20)31(27,28)25-15-21-4-3-13-29-21/h3-13,17,25H,14-16H2,1-2H3,(H,24,26). The van der Waals surface area contributed by atoms with Crippen LogP contribution in [-0.4, -0.2) is 20.4 Å². The van der Waals surface area contributed by atoms with Crippen molar-refractivity contribution in [2.24, 2.45) is 0 Å². The molecule has 1 aromatic heterocycles. The van der Waals surface area contributed by atoms with Gasteiger partial charge >= 0.3 is 0 Å². The molecule has 2 aromatic carbocycles. The van der Waals surface area contributed by atoms with Gasteiger partial charge in [-0.2, -0.15) is 0 Å². The fourth-order valence-electron chi connectivity index (χ4n) is 2.75. The molecule has 0 aliphatic rings. The predicted molar refractivity (Wildman–Crippen MR) is 117 cm³/mol. The zero-order chi connectivity index (χ0) is 22.3. The number of carbonyl (C=O) groups is 1. The van der Waals surface area contributed by atoms with Gasteiger partial charge in [0, 0.05) is 12.1 Å². The third-order valence-corrected chi connectivity index (χ3v) is 5.92. The van der Waals surface area contributed by atoms with E-state index in [0.29, 0.717) is 24.5 Å². The van der Waals surface area contributed by atoms with Crippen molar-refractivity contribution in [3.8, 4) is 0 Å². The smallest absolute Gasteiger partial charge is 0.251 e. The Hall–Kier alpha value is -2.94. The average molecular weight is 443 g/mol. The van der Waals surface area contributed by atoms with Crippen LogP contribution in [0.25, 0.3) is 0 Å². The predicted octanol–water partition coefficient (Wildman–Crippen LogP) is 3.61. The first-order valence-corrected chi connectivity index (χ1v) is 11.4. The van der Waals surface area contributed by atoms with E-state index in [1.807, 2.05) is 38.1 Å². The van der Waals surface area contributed by atoms with Crippen molar-refractivity contribution in [1.82, 2.24) is 10.0 Å². The summed E-state index contributed by atoms with van der Waals surface area (Å²) in [6, 6.07) is 17.0. The number of rotatable bonds is 10. The Kier molecular flexibility index (Phi) is 7.62. The summed E-state index contributed by atoms with van der Waals surface area (Å²) in [4.78, 5) is 12.5. The van der Waals surface area contributed by atoms with Crippen molar-refractivity contribution in [1.29, 1.82) is 0 Å². The molecule has 3 rings (SSSR count). The van der Waals surface area contributed by atoms with E-state index >= 15 is 0 Å². The van der Waals surface area contributed by atoms with E-state index < -0.39 is 10.0 Å². The first-order valence-electron chi connectivity index (χ1n) is 9.93. The minimum absolute atomic E-state index is 0.0555. The van der Waals surface area contributed by atoms with Crippen LogP contribution < -0.4 is 10.0 Å². The van der Waals surface area contributed by atoms with Crippen molar-refractivity contribution < 1.29 is 22.4 Å². The molecule has 0 atom stereocenters. The third kappa shape index (κ3) is 6.78. The van der Waals surface area contributed by atoms with Crippen LogP contribution in [0, 0.1) is 0 Å². The van der Waals surface area contributed by atoms with E-state index in [-0.39, 0.29) is 23.5 Å². The summed E-state index contributed by atoms with van der Waals surface area (Å²) in [5, 5.41) is 2.84. The Balaban J connectivity index is 1.52. The molecule has 1 amide bonds. The number of ether oxygens (including phenoxy) is 1. The fraction of sp³-hybridized carbons (Fsp3) is 0.261. The second-order valence-electron chi connectivity index (χ2n) is 7.29. The van der Waals surface area contributed by atoms with Gasteiger partial charge in [-0.15, -0.1) is 0 Å². The van der Waals surface area contributed by atoms with Crippen molar-refractivity contribution in [3.05, 3.63) is 89.4 Å². The first kappa shape index (κ1) is 22.7. The van der Waals surface area contributed by atoms with Crippen LogP contribution >= 0.6 is 0 Å². The second-order valence-corrected chi connectivity index (χ2v) is 9.05. The molecular weight excluding hydrogens is 416 g/mol. The first-order chi connectivity index (χ1) is 14.8. The normalized spacial score (nSPS) is 11.6. The highest BCUT2D eigenvalue weighted by Gasteiger charge is 2.15. The number of carbonyl (C=O) groups excluding carboxylic acids is 1. The molecule has 0 aliphatic carbocycles. The second kappa shape index (κ2) is 10.4. The molecule has 3 aromatic rings. The zero-order valence-electron chi connectivity index (χ0n) is 17.5. The van der Waals surface area contributed by atoms with E-state index in [9.17, 15) is 13.2 Å². The van der Waals surface area contributed by atoms with Crippen LogP contribution in [0.3, 0.4) is 0 Å². The number of benzene rings is 2. The van der Waals surface area contributed by atoms with Gasteiger partial charge in [0.1, 0.15) is 5.76 Å². The van der Waals surface area contributed by atoms with Crippen LogP contribution in [0.2, 0.25) is 0 Å². The molecule has 0 aliphatic heterocycles. The van der Waals surface area contributed by atoms with E-state index in [1.165, 1.54) is 30.5 Å². The Morgan fingerprint density at radius 3 is 2.26 bits per heavy atom. The summed E-state index contributed by atoms with van der Waals surface area (Å²) < 4.78 is 37.9. The molecule has 8 heteroatoms. The lowest BCUT2D eigenvalue weighted by Crippen LogP contribution is -2.24. The Morgan fingerprint density at radius 1 is 0.968 bits per heavy atom. The lowest BCUT2D eigenvalue weighted by Gasteiger charge is -2.09. The summed E-state index contributed by atoms with van der Waals surface area (Å²) in [5.74, 6) is 0.236. The Bertz CT molecular complexity index is 1070. The Labute approximate surface area is 182 Å². The van der Waals surface area contributed by atoms with Gasteiger partial charge in [0.05, 0.1) is 30.4 Å². The molecule has 1 heterocycles. The highest BCUT2D eigenvalue weighted by Crippen LogP contribution is 2.12. The number of hydrogen-bond donors (Lipinski definition) is 2. The molecule has 0 saturated carbocycles. The van der Waals surface area contributed by atoms with Gasteiger partial charge in [-0.3, -0.25) is 4.79 Å². The maximum atomic E-state index is 12.4. The molecule has 0 saturated heterocycles. The lowest BCUT2D eigenvalue weighted by molar-refractivity contribution is 0.0657. The SMILES string of the molecule is CC(C)OCc1ccc(CNC(=O)c2ccc(S(=O)(=O)NCc3ccco3)cc2)cc1. The van der Waals surface area contributed by atoms with Gasteiger partial charge in [-0.05, 0) is 61.4 Å². The van der Waals surface area contributed by atoms with E-state index in [1.54, 1.807) is 12.1 Å². The molecule has 0 spiro atoms. The summed E-state index contributed by atoms with van der Waals surface area (Å²) in [7, 11) is -3.70. The maximum Gasteiger partial charge on any atom is 0.251 e. The molecular formula is C23H26N2O5S. The van der Waals surface area contributed by atoms with Crippen molar-refractivity contribution in [3.63, 3.8) is 0 Å². The molecule has 0 bridgehead atoms. The van der Waals surface area contributed by atoms with Crippen LogP contribution in [0.15, 0.2) is 76.2 Å². The van der Waals surface area contributed by atoms with Gasteiger partial charge < -0.3 is 14.5 Å². The highest BCUT2D eigenvalue weighted by molar-refractivity contribution is 7.89. The van der Waals surface area contributed by atoms with Crippen LogP contribution in [0.5, 0.6) is 0 Å². The van der Waals surface area contributed by atoms with E-state index in [2.05, 4.69) is 10.0 Å². The van der Waals surface area contributed by atoms with Gasteiger partial charge in [0.15, 0.2) is 0 Å². The average Bonchev–Trinajstić information content (AvgIpc) is 3.29. The van der Waals surface area contributed by atoms with Crippen molar-refractivity contribution >= 4 is 15.9 Å². The number of amides is 1. The Morgan fingerprint density at radius 2 is 1.65 bits per heavy atom. The maximum absolute atomic E-state index is 12.4. The van der Waals surface area contributed by atoms with Crippen molar-refractivity contribution in [2.45, 2.75) is 44.5 Å². The summed E-state index contributed by atoms with van der Waals surface area (Å²) in [5.41, 5.74) is 2.41. The zero-order valence-corrected chi connectivity index (χ0v) is 18.3. The summed E-state index contributed by atoms with van der Waals surface area (Å²) in [6.07, 6.45) is 1.65. The van der Waals surface area contributed by atoms with Gasteiger partial charge in [-0.1, -0.05) is 24.3 Å². The largest absolute Gasteiger partial charge is 0.468 e. The molecule has 0 unspecified atom stereocenters. The van der Waals surface area contributed by atoms with Crippen LogP contribution in [-0.2, 0) is 34.5 Å². The minimum atomic E-state index is -3.70. The van der Waals surface area contributed by atoms with Crippen LogP contribution in [0.1, 0.15) is 41.1 Å². The number of sulfonamides is 1. The topological polar surface area (TPSA) is 97.6 Å². The minimum Gasteiger partial charge on any atom is -0.468 e. The molecule has 0 fully saturated rings. The third-order valence-electron chi connectivity index (χ3n) is 4.50. The van der Waals surface area contributed by atoms with Crippen LogP contribution in [0.4, 0.5) is 0 Å². The monoisotopic (exact) mass is 442 g/mol. The quantitative estimate of drug-likeness (QED) is 0.500. The lowest BCUT2D eigenvalue weighted by atomic mass is 10.1. The van der Waals surface area contributed by atoms with Gasteiger partial charge in [0.2, 0.25) is 10.0 Å². The molecule has 0 radical (unpaired) electrons. The van der Waals surface area contributed by atoms with Crippen molar-refractivity contribution in [2.75, 3.05) is 0 Å². The fourth-order valence-corrected chi connectivity index (χ4v) is 3.74. The van der Waals surface area contributed by atoms with Gasteiger partial charge in [-0.25, -0.2) is 13.1 Å². The molecule has 31 heavy (non-hydrogen) atoms. The molecule has 164 valence electrons. The summed E-state index contributed by atoms with van der Waals surface area (Å²) in [6.45, 7) is 4.96.